The minimum Gasteiger partial charge on any atom is -0.337 e. The number of rotatable bonds is 9. The molecule has 0 radical (unpaired) electrons. The molecule has 4 fully saturated rings. The van der Waals surface area contributed by atoms with Gasteiger partial charge in [-0.1, -0.05) is 24.4 Å². The number of hydrogen-bond donors (Lipinski definition) is 2. The summed E-state index contributed by atoms with van der Waals surface area (Å²) in [5.74, 6) is -0.466. The lowest BCUT2D eigenvalue weighted by Gasteiger charge is -2.38. The summed E-state index contributed by atoms with van der Waals surface area (Å²) < 4.78 is 28.3. The maximum absolute atomic E-state index is 13.4. The second kappa shape index (κ2) is 14.1. The van der Waals surface area contributed by atoms with E-state index in [9.17, 15) is 22.8 Å². The van der Waals surface area contributed by atoms with Crippen LogP contribution in [0.3, 0.4) is 0 Å². The molecule has 232 valence electrons. The molecule has 0 bridgehead atoms. The van der Waals surface area contributed by atoms with E-state index >= 15 is 0 Å². The van der Waals surface area contributed by atoms with Crippen LogP contribution >= 0.6 is 22.9 Å². The Bertz CT molecular complexity index is 1260. The number of amides is 4. The van der Waals surface area contributed by atoms with Crippen molar-refractivity contribution in [3.05, 3.63) is 26.8 Å². The topological polar surface area (TPSA) is 122 Å². The third-order valence-electron chi connectivity index (χ3n) is 8.68. The molecule has 2 N–H and O–H groups in total. The van der Waals surface area contributed by atoms with Crippen LogP contribution in [-0.4, -0.2) is 116 Å². The Morgan fingerprint density at radius 2 is 1.71 bits per heavy atom. The molecule has 2 atom stereocenters. The van der Waals surface area contributed by atoms with Crippen LogP contribution in [0.25, 0.3) is 6.08 Å². The lowest BCUT2D eigenvalue weighted by Crippen LogP contribution is -2.56. The van der Waals surface area contributed by atoms with Crippen LogP contribution in [0.2, 0.25) is 4.34 Å². The number of carbonyl (C=O) groups excluding carboxylic acids is 3. The minimum atomic E-state index is -3.86. The van der Waals surface area contributed by atoms with E-state index in [4.69, 9.17) is 11.6 Å². The molecule has 4 amide bonds. The van der Waals surface area contributed by atoms with Gasteiger partial charge in [0.25, 0.3) is 0 Å². The number of piperazine rings is 1. The summed E-state index contributed by atoms with van der Waals surface area (Å²) >= 11 is 7.17. The number of piperidine rings is 1. The third kappa shape index (κ3) is 8.25. The molecular weight excluding hydrogens is 600 g/mol. The molecule has 4 heterocycles. The lowest BCUT2D eigenvalue weighted by molar-refractivity contribution is -0.143. The Morgan fingerprint density at radius 3 is 2.43 bits per heavy atom. The van der Waals surface area contributed by atoms with Gasteiger partial charge in [-0.15, -0.1) is 11.3 Å². The van der Waals surface area contributed by atoms with E-state index in [0.29, 0.717) is 54.3 Å². The Balaban J connectivity index is 1.08. The first-order valence-electron chi connectivity index (χ1n) is 15.0. The highest BCUT2D eigenvalue weighted by molar-refractivity contribution is 7.92. The van der Waals surface area contributed by atoms with Crippen molar-refractivity contribution < 1.29 is 22.8 Å². The number of hydrogen-bond acceptors (Lipinski definition) is 7. The summed E-state index contributed by atoms with van der Waals surface area (Å²) in [7, 11) is -3.86. The van der Waals surface area contributed by atoms with Crippen LogP contribution in [0.15, 0.2) is 17.5 Å². The Hall–Kier alpha value is -2.19. The normalized spacial score (nSPS) is 24.7. The minimum absolute atomic E-state index is 0.0365. The van der Waals surface area contributed by atoms with Crippen LogP contribution in [0.1, 0.15) is 56.2 Å². The van der Waals surface area contributed by atoms with Gasteiger partial charge in [-0.3, -0.25) is 14.5 Å². The van der Waals surface area contributed by atoms with Crippen LogP contribution in [0.5, 0.6) is 0 Å². The van der Waals surface area contributed by atoms with Gasteiger partial charge < -0.3 is 20.0 Å². The highest BCUT2D eigenvalue weighted by Crippen LogP contribution is 2.24. The maximum Gasteiger partial charge on any atom is 0.317 e. The molecule has 3 aliphatic heterocycles. The van der Waals surface area contributed by atoms with Gasteiger partial charge in [0.15, 0.2) is 0 Å². The molecule has 5 rings (SSSR count). The fraction of sp³-hybridized carbons (Fsp3) is 0.679. The summed E-state index contributed by atoms with van der Waals surface area (Å²) in [5, 5.41) is 4.21. The quantitative estimate of drug-likeness (QED) is 0.428. The standard InChI is InChI=1S/C28H41ClN6O5S2/c29-25-10-9-23(41-25)11-18-42(39,40)31-24-8-4-12-34(27(24)37)20-26(36)35-13-3-7-22(35)19-32-14-16-33(17-15-32)28(38)30-21-5-1-2-6-21/h9-11,18,21-22,24,31H,1-8,12-17,19-20H2,(H,30,38)/b18-11+. The Labute approximate surface area is 257 Å². The number of urea groups is 1. The van der Waals surface area contributed by atoms with Crippen LogP contribution in [0.4, 0.5) is 4.79 Å². The highest BCUT2D eigenvalue weighted by atomic mass is 35.5. The highest BCUT2D eigenvalue weighted by Gasteiger charge is 2.36. The number of carbonyl (C=O) groups is 3. The van der Waals surface area contributed by atoms with Crippen LogP contribution in [0, 0.1) is 0 Å². The molecule has 0 spiro atoms. The second-order valence-corrected chi connectivity index (χ2v) is 15.0. The van der Waals surface area contributed by atoms with Gasteiger partial charge >= 0.3 is 6.03 Å². The molecule has 1 aromatic rings. The molecule has 1 saturated carbocycles. The molecule has 3 saturated heterocycles. The second-order valence-electron chi connectivity index (χ2n) is 11.7. The molecule has 1 aliphatic carbocycles. The number of thiophene rings is 1. The monoisotopic (exact) mass is 640 g/mol. The predicted octanol–water partition coefficient (Wildman–Crippen LogP) is 2.54. The molecule has 4 aliphatic rings. The van der Waals surface area contributed by atoms with Crippen LogP contribution in [-0.2, 0) is 19.6 Å². The molecular formula is C28H41ClN6O5S2. The summed E-state index contributed by atoms with van der Waals surface area (Å²) in [4.78, 5) is 47.4. The molecule has 0 aromatic carbocycles. The summed E-state index contributed by atoms with van der Waals surface area (Å²) in [6.07, 6.45) is 8.78. The van der Waals surface area contributed by atoms with E-state index in [1.54, 1.807) is 12.1 Å². The van der Waals surface area contributed by atoms with Crippen molar-refractivity contribution in [1.29, 1.82) is 0 Å². The summed E-state index contributed by atoms with van der Waals surface area (Å²) in [6.45, 7) is 4.69. The van der Waals surface area contributed by atoms with Gasteiger partial charge in [0, 0.05) is 68.2 Å². The van der Waals surface area contributed by atoms with E-state index in [1.807, 2.05) is 9.80 Å². The van der Waals surface area contributed by atoms with Gasteiger partial charge in [-0.25, -0.2) is 13.2 Å². The van der Waals surface area contributed by atoms with Crippen molar-refractivity contribution in [2.45, 2.75) is 69.5 Å². The van der Waals surface area contributed by atoms with Gasteiger partial charge in [0.1, 0.15) is 6.04 Å². The third-order valence-corrected chi connectivity index (χ3v) is 11.0. The number of sulfonamides is 1. The number of halogens is 1. The van der Waals surface area contributed by atoms with Crippen molar-refractivity contribution in [3.63, 3.8) is 0 Å². The average molecular weight is 641 g/mol. The van der Waals surface area contributed by atoms with Crippen molar-refractivity contribution >= 4 is 56.9 Å². The Kier molecular flexibility index (Phi) is 10.5. The van der Waals surface area contributed by atoms with Crippen molar-refractivity contribution in [2.24, 2.45) is 0 Å². The Morgan fingerprint density at radius 1 is 0.976 bits per heavy atom. The van der Waals surface area contributed by atoms with E-state index < -0.39 is 16.1 Å². The summed E-state index contributed by atoms with van der Waals surface area (Å²) in [6, 6.07) is 2.93. The first-order valence-corrected chi connectivity index (χ1v) is 17.7. The first-order chi connectivity index (χ1) is 20.2. The molecule has 1 aromatic heterocycles. The molecule has 11 nitrogen and oxygen atoms in total. The molecule has 2 unspecified atom stereocenters. The number of nitrogens with one attached hydrogen (secondary N) is 2. The van der Waals surface area contributed by atoms with Crippen LogP contribution < -0.4 is 10.0 Å². The van der Waals surface area contributed by atoms with E-state index in [-0.39, 0.29) is 30.4 Å². The molecule has 42 heavy (non-hydrogen) atoms. The predicted molar refractivity (Wildman–Crippen MR) is 164 cm³/mol. The smallest absolute Gasteiger partial charge is 0.317 e. The van der Waals surface area contributed by atoms with Gasteiger partial charge in [0.2, 0.25) is 21.8 Å². The van der Waals surface area contributed by atoms with E-state index in [1.165, 1.54) is 35.2 Å². The van der Waals surface area contributed by atoms with E-state index in [2.05, 4.69) is 14.9 Å². The zero-order chi connectivity index (χ0) is 29.7. The van der Waals surface area contributed by atoms with Gasteiger partial charge in [-0.2, -0.15) is 4.72 Å². The van der Waals surface area contributed by atoms with Crippen molar-refractivity contribution in [3.8, 4) is 0 Å². The largest absolute Gasteiger partial charge is 0.337 e. The fourth-order valence-corrected chi connectivity index (χ4v) is 8.46. The van der Waals surface area contributed by atoms with Crippen molar-refractivity contribution in [2.75, 3.05) is 52.4 Å². The first kappa shape index (κ1) is 31.2. The zero-order valence-corrected chi connectivity index (χ0v) is 26.3. The molecule has 14 heteroatoms. The van der Waals surface area contributed by atoms with Gasteiger partial charge in [0.05, 0.1) is 10.9 Å². The lowest BCUT2D eigenvalue weighted by atomic mass is 10.1. The van der Waals surface area contributed by atoms with Crippen molar-refractivity contribution in [1.82, 2.24) is 29.6 Å². The number of likely N-dealkylation sites (tertiary alicyclic amines) is 2. The van der Waals surface area contributed by atoms with Gasteiger partial charge in [-0.05, 0) is 56.7 Å². The fourth-order valence-electron chi connectivity index (χ4n) is 6.39. The summed E-state index contributed by atoms with van der Waals surface area (Å²) in [5.41, 5.74) is 0. The van der Waals surface area contributed by atoms with E-state index in [0.717, 1.165) is 50.7 Å². The SMILES string of the molecule is O=C(NC1CCCC1)N1CCN(CC2CCCN2C(=O)CN2CCCC(NS(=O)(=O)/C=C/c3ccc(Cl)s3)C2=O)CC1. The maximum atomic E-state index is 13.4. The average Bonchev–Trinajstić information content (AvgIpc) is 3.73. The number of nitrogens with zero attached hydrogens (tertiary/aromatic N) is 4. The zero-order valence-electron chi connectivity index (χ0n) is 23.9.